The molecule has 0 heterocycles. The van der Waals surface area contributed by atoms with E-state index < -0.39 is 33.1 Å². The Morgan fingerprint density at radius 1 is 0.763 bits per heavy atom. The fourth-order valence-corrected chi connectivity index (χ4v) is 3.14. The van der Waals surface area contributed by atoms with Gasteiger partial charge in [-0.3, -0.25) is 25.0 Å². The van der Waals surface area contributed by atoms with Crippen molar-refractivity contribution in [1.82, 2.24) is 5.43 Å². The lowest BCUT2D eigenvalue weighted by molar-refractivity contribution is -0.394. The van der Waals surface area contributed by atoms with Gasteiger partial charge in [-0.25, -0.2) is 10.2 Å². The van der Waals surface area contributed by atoms with Gasteiger partial charge in [0.15, 0.2) is 23.0 Å². The van der Waals surface area contributed by atoms with Crippen LogP contribution in [0.25, 0.3) is 0 Å². The highest BCUT2D eigenvalue weighted by Crippen LogP contribution is 2.31. The lowest BCUT2D eigenvalue weighted by atomic mass is 10.1. The van der Waals surface area contributed by atoms with E-state index in [0.29, 0.717) is 17.1 Å². The Morgan fingerprint density at radius 2 is 1.34 bits per heavy atom. The highest BCUT2D eigenvalue weighted by atomic mass is 16.6. The molecule has 3 aromatic rings. The molecular formula is C24H20N4O10. The largest absolute Gasteiger partial charge is 0.493 e. The Morgan fingerprint density at radius 3 is 1.92 bits per heavy atom. The van der Waals surface area contributed by atoms with Gasteiger partial charge in [0.2, 0.25) is 0 Å². The van der Waals surface area contributed by atoms with Gasteiger partial charge in [0.1, 0.15) is 0 Å². The van der Waals surface area contributed by atoms with Crippen LogP contribution in [0.4, 0.5) is 11.4 Å². The predicted octanol–water partition coefficient (Wildman–Crippen LogP) is 3.51. The molecule has 14 heteroatoms. The van der Waals surface area contributed by atoms with Gasteiger partial charge in [-0.15, -0.1) is 0 Å². The van der Waals surface area contributed by atoms with Crippen LogP contribution in [0.2, 0.25) is 0 Å². The number of ether oxygens (including phenoxy) is 4. The molecule has 0 aliphatic heterocycles. The van der Waals surface area contributed by atoms with Gasteiger partial charge in [-0.05, 0) is 42.0 Å². The zero-order valence-electron chi connectivity index (χ0n) is 20.2. The van der Waals surface area contributed by atoms with Crippen molar-refractivity contribution < 1.29 is 38.4 Å². The lowest BCUT2D eigenvalue weighted by Crippen LogP contribution is -2.18. The van der Waals surface area contributed by atoms with E-state index in [1.807, 2.05) is 0 Å². The molecule has 0 saturated heterocycles. The third kappa shape index (κ3) is 6.37. The highest BCUT2D eigenvalue weighted by molar-refractivity contribution is 5.96. The number of carbonyl (C=O) groups excluding carboxylic acids is 2. The summed E-state index contributed by atoms with van der Waals surface area (Å²) in [6.07, 6.45) is 1.23. The average molecular weight is 524 g/mol. The zero-order chi connectivity index (χ0) is 27.8. The molecule has 3 rings (SSSR count). The number of amides is 1. The molecule has 38 heavy (non-hydrogen) atoms. The molecule has 1 N–H and O–H groups in total. The number of hydrogen-bond acceptors (Lipinski definition) is 11. The van der Waals surface area contributed by atoms with Gasteiger partial charge in [-0.2, -0.15) is 5.10 Å². The van der Waals surface area contributed by atoms with Crippen LogP contribution in [-0.2, 0) is 0 Å². The first kappa shape index (κ1) is 27.1. The van der Waals surface area contributed by atoms with Crippen molar-refractivity contribution >= 4 is 29.5 Å². The number of non-ortho nitro benzene ring substituents is 2. The van der Waals surface area contributed by atoms with Crippen LogP contribution in [-0.4, -0.2) is 49.3 Å². The highest BCUT2D eigenvalue weighted by Gasteiger charge is 2.20. The summed E-state index contributed by atoms with van der Waals surface area (Å²) in [7, 11) is 4.27. The Labute approximate surface area is 214 Å². The number of nitro groups is 2. The van der Waals surface area contributed by atoms with Crippen LogP contribution in [0.5, 0.6) is 23.0 Å². The first-order valence-corrected chi connectivity index (χ1v) is 10.6. The summed E-state index contributed by atoms with van der Waals surface area (Å²) in [6, 6.07) is 11.5. The quantitative estimate of drug-likeness (QED) is 0.135. The van der Waals surface area contributed by atoms with Crippen molar-refractivity contribution in [2.75, 3.05) is 21.3 Å². The van der Waals surface area contributed by atoms with Gasteiger partial charge in [0.25, 0.3) is 17.3 Å². The van der Waals surface area contributed by atoms with E-state index in [4.69, 9.17) is 18.9 Å². The van der Waals surface area contributed by atoms with E-state index in [1.165, 1.54) is 57.9 Å². The van der Waals surface area contributed by atoms with E-state index in [9.17, 15) is 29.8 Å². The second-order valence-electron chi connectivity index (χ2n) is 7.32. The monoisotopic (exact) mass is 524 g/mol. The molecule has 1 amide bonds. The van der Waals surface area contributed by atoms with Crippen LogP contribution >= 0.6 is 0 Å². The Bertz CT molecular complexity index is 1410. The van der Waals surface area contributed by atoms with Crippen LogP contribution in [0, 0.1) is 20.2 Å². The summed E-state index contributed by atoms with van der Waals surface area (Å²) < 4.78 is 21.0. The number of benzene rings is 3. The molecule has 0 atom stereocenters. The van der Waals surface area contributed by atoms with Gasteiger partial charge in [-0.1, -0.05) is 0 Å². The third-order valence-corrected chi connectivity index (χ3v) is 4.98. The van der Waals surface area contributed by atoms with Gasteiger partial charge < -0.3 is 18.9 Å². The van der Waals surface area contributed by atoms with Crippen molar-refractivity contribution in [2.45, 2.75) is 0 Å². The molecule has 0 radical (unpaired) electrons. The maximum atomic E-state index is 12.6. The molecular weight excluding hydrogens is 504 g/mol. The Kier molecular flexibility index (Phi) is 8.50. The molecule has 196 valence electrons. The molecule has 0 fully saturated rings. The molecule has 0 unspecified atom stereocenters. The predicted molar refractivity (Wildman–Crippen MR) is 132 cm³/mol. The van der Waals surface area contributed by atoms with Crippen molar-refractivity contribution in [3.05, 3.63) is 91.5 Å². The van der Waals surface area contributed by atoms with Crippen molar-refractivity contribution in [3.63, 3.8) is 0 Å². The molecule has 0 aliphatic carbocycles. The third-order valence-electron chi connectivity index (χ3n) is 4.98. The Balaban J connectivity index is 1.73. The van der Waals surface area contributed by atoms with Crippen molar-refractivity contribution in [1.29, 1.82) is 0 Å². The van der Waals surface area contributed by atoms with Crippen molar-refractivity contribution in [3.8, 4) is 23.0 Å². The first-order chi connectivity index (χ1) is 18.2. The van der Waals surface area contributed by atoms with Crippen LogP contribution in [0.3, 0.4) is 0 Å². The summed E-state index contributed by atoms with van der Waals surface area (Å²) in [5, 5.41) is 25.8. The minimum atomic E-state index is -0.902. The molecule has 0 spiro atoms. The van der Waals surface area contributed by atoms with E-state index in [0.717, 1.165) is 18.2 Å². The number of hydrogen-bond donors (Lipinski definition) is 1. The van der Waals surface area contributed by atoms with Crippen LogP contribution in [0.15, 0.2) is 59.7 Å². The van der Waals surface area contributed by atoms with Gasteiger partial charge in [0.05, 0.1) is 54.6 Å². The second-order valence-corrected chi connectivity index (χ2v) is 7.32. The van der Waals surface area contributed by atoms with Gasteiger partial charge >= 0.3 is 5.97 Å². The van der Waals surface area contributed by atoms with Crippen molar-refractivity contribution in [2.24, 2.45) is 5.10 Å². The minimum absolute atomic E-state index is 0.109. The first-order valence-electron chi connectivity index (χ1n) is 10.6. The van der Waals surface area contributed by atoms with Crippen LogP contribution in [0.1, 0.15) is 26.3 Å². The molecule has 0 aliphatic rings. The molecule has 0 aromatic heterocycles. The molecule has 14 nitrogen and oxygen atoms in total. The summed E-state index contributed by atoms with van der Waals surface area (Å²) in [5.41, 5.74) is 1.23. The standard InChI is InChI=1S/C24H20N4O10/c1-35-19-7-5-15(11-22(19)37-3)24(30)38-20-6-4-14(8-21(20)36-2)13-25-26-23(29)16-9-17(27(31)32)12-18(10-16)28(33)34/h4-13H,1-3H3,(H,26,29)/b25-13+. The number of nitrogens with zero attached hydrogens (tertiary/aromatic N) is 3. The normalized spacial score (nSPS) is 10.5. The summed E-state index contributed by atoms with van der Waals surface area (Å²) in [5.74, 6) is -0.492. The molecule has 0 saturated carbocycles. The summed E-state index contributed by atoms with van der Waals surface area (Å²) >= 11 is 0. The minimum Gasteiger partial charge on any atom is -0.493 e. The number of rotatable bonds is 10. The van der Waals surface area contributed by atoms with E-state index >= 15 is 0 Å². The summed E-state index contributed by atoms with van der Waals surface area (Å²) in [6.45, 7) is 0. The van der Waals surface area contributed by atoms with E-state index in [-0.39, 0.29) is 22.6 Å². The number of hydrazone groups is 1. The number of esters is 1. The van der Waals surface area contributed by atoms with E-state index in [1.54, 1.807) is 6.07 Å². The average Bonchev–Trinajstić information content (AvgIpc) is 2.92. The molecule has 0 bridgehead atoms. The number of carbonyl (C=O) groups is 2. The zero-order valence-corrected chi connectivity index (χ0v) is 20.2. The maximum Gasteiger partial charge on any atom is 0.343 e. The number of nitrogens with one attached hydrogen (secondary N) is 1. The number of methoxy groups -OCH3 is 3. The van der Waals surface area contributed by atoms with Crippen LogP contribution < -0.4 is 24.4 Å². The maximum absolute atomic E-state index is 12.6. The fourth-order valence-electron chi connectivity index (χ4n) is 3.14. The smallest absolute Gasteiger partial charge is 0.343 e. The molecule has 3 aromatic carbocycles. The number of nitro benzene ring substituents is 2. The SMILES string of the molecule is COc1ccc(C(=O)Oc2ccc(/C=N/NC(=O)c3cc([N+](=O)[O-])cc([N+](=O)[O-])c3)cc2OC)cc1OC. The lowest BCUT2D eigenvalue weighted by Gasteiger charge is -2.11. The van der Waals surface area contributed by atoms with Gasteiger partial charge in [0, 0.05) is 12.1 Å². The fraction of sp³-hybridized carbons (Fsp3) is 0.125. The Hall–Kier alpha value is -5.53. The second kappa shape index (κ2) is 11.9. The summed E-state index contributed by atoms with van der Waals surface area (Å²) in [4.78, 5) is 45.3. The van der Waals surface area contributed by atoms with E-state index in [2.05, 4.69) is 10.5 Å². The topological polar surface area (TPSA) is 182 Å².